The lowest BCUT2D eigenvalue weighted by Gasteiger charge is -2.12. The van der Waals surface area contributed by atoms with Gasteiger partial charge in [0, 0.05) is 0 Å². The van der Waals surface area contributed by atoms with Crippen LogP contribution in [0.5, 0.6) is 5.75 Å². The molecule has 0 bridgehead atoms. The molecule has 23 heavy (non-hydrogen) atoms. The largest absolute Gasteiger partial charge is 0.481 e. The molecule has 2 aromatic rings. The standard InChI is InChI=1S/C19H22N2O2/c1-4-16-7-9-17(10-8-16)13-20-21-19(22)15(3)23-18-11-5-14(2)6-12-18/h5-13,15H,4H2,1-3H3,(H,21,22)/b20-13-/t15-/m1/s1. The van der Waals surface area contributed by atoms with Gasteiger partial charge < -0.3 is 4.74 Å². The lowest BCUT2D eigenvalue weighted by Crippen LogP contribution is -2.33. The highest BCUT2D eigenvalue weighted by atomic mass is 16.5. The molecule has 1 amide bonds. The predicted octanol–water partition coefficient (Wildman–Crippen LogP) is 3.48. The van der Waals surface area contributed by atoms with Gasteiger partial charge in [-0.25, -0.2) is 5.43 Å². The third-order valence-electron chi connectivity index (χ3n) is 3.48. The Morgan fingerprint density at radius 3 is 2.43 bits per heavy atom. The maximum atomic E-state index is 12.0. The first-order valence-electron chi connectivity index (χ1n) is 7.73. The zero-order chi connectivity index (χ0) is 16.7. The number of nitrogens with zero attached hydrogens (tertiary/aromatic N) is 1. The molecule has 120 valence electrons. The number of ether oxygens (including phenoxy) is 1. The van der Waals surface area contributed by atoms with Crippen LogP contribution in [0.15, 0.2) is 53.6 Å². The fourth-order valence-corrected chi connectivity index (χ4v) is 1.98. The second-order valence-corrected chi connectivity index (χ2v) is 5.40. The number of amides is 1. The highest BCUT2D eigenvalue weighted by Crippen LogP contribution is 2.13. The summed E-state index contributed by atoms with van der Waals surface area (Å²) >= 11 is 0. The number of aryl methyl sites for hydroxylation is 2. The Hall–Kier alpha value is -2.62. The molecule has 2 aromatic carbocycles. The molecule has 0 unspecified atom stereocenters. The molecule has 0 saturated carbocycles. The third kappa shape index (κ3) is 5.25. The van der Waals surface area contributed by atoms with E-state index < -0.39 is 6.10 Å². The maximum absolute atomic E-state index is 12.0. The number of benzene rings is 2. The number of carbonyl (C=O) groups excluding carboxylic acids is 1. The van der Waals surface area contributed by atoms with Crippen molar-refractivity contribution in [3.05, 3.63) is 65.2 Å². The highest BCUT2D eigenvalue weighted by molar-refractivity contribution is 5.84. The zero-order valence-electron chi connectivity index (χ0n) is 13.7. The van der Waals surface area contributed by atoms with Crippen molar-refractivity contribution in [1.82, 2.24) is 5.43 Å². The van der Waals surface area contributed by atoms with Crippen LogP contribution in [0.25, 0.3) is 0 Å². The number of carbonyl (C=O) groups is 1. The Bertz CT molecular complexity index is 661. The fourth-order valence-electron chi connectivity index (χ4n) is 1.98. The monoisotopic (exact) mass is 310 g/mol. The van der Waals surface area contributed by atoms with Gasteiger partial charge in [-0.05, 0) is 43.5 Å². The van der Waals surface area contributed by atoms with Crippen LogP contribution in [0, 0.1) is 6.92 Å². The van der Waals surface area contributed by atoms with Crippen LogP contribution in [-0.4, -0.2) is 18.2 Å². The normalized spacial score (nSPS) is 12.1. The minimum Gasteiger partial charge on any atom is -0.481 e. The second-order valence-electron chi connectivity index (χ2n) is 5.40. The molecule has 0 heterocycles. The number of hydrazone groups is 1. The van der Waals surface area contributed by atoms with Gasteiger partial charge in [0.25, 0.3) is 5.91 Å². The first-order valence-corrected chi connectivity index (χ1v) is 7.73. The summed E-state index contributed by atoms with van der Waals surface area (Å²) in [4.78, 5) is 12.0. The van der Waals surface area contributed by atoms with Crippen molar-refractivity contribution in [2.45, 2.75) is 33.3 Å². The summed E-state index contributed by atoms with van der Waals surface area (Å²) in [5.74, 6) is 0.379. The summed E-state index contributed by atoms with van der Waals surface area (Å²) in [6.07, 6.45) is 2.01. The van der Waals surface area contributed by atoms with Crippen LogP contribution < -0.4 is 10.2 Å². The van der Waals surface area contributed by atoms with Gasteiger partial charge in [0.05, 0.1) is 6.21 Å². The molecule has 4 nitrogen and oxygen atoms in total. The number of hydrogen-bond donors (Lipinski definition) is 1. The van der Waals surface area contributed by atoms with Crippen molar-refractivity contribution in [3.8, 4) is 5.75 Å². The Balaban J connectivity index is 1.85. The van der Waals surface area contributed by atoms with Crippen molar-refractivity contribution in [2.24, 2.45) is 5.10 Å². The van der Waals surface area contributed by atoms with Crippen molar-refractivity contribution in [3.63, 3.8) is 0 Å². The van der Waals surface area contributed by atoms with E-state index in [-0.39, 0.29) is 5.91 Å². The first kappa shape index (κ1) is 16.7. The summed E-state index contributed by atoms with van der Waals surface area (Å²) in [5.41, 5.74) is 5.85. The van der Waals surface area contributed by atoms with Crippen LogP contribution in [0.3, 0.4) is 0 Å². The molecular formula is C19H22N2O2. The molecule has 0 aliphatic rings. The molecule has 1 atom stereocenters. The SMILES string of the molecule is CCc1ccc(/C=N\NC(=O)[C@@H](C)Oc2ccc(C)cc2)cc1. The van der Waals surface area contributed by atoms with E-state index in [4.69, 9.17) is 4.74 Å². The molecule has 0 fully saturated rings. The Kier molecular flexibility index (Phi) is 5.92. The molecule has 0 saturated heterocycles. The number of rotatable bonds is 6. The molecule has 4 heteroatoms. The maximum Gasteiger partial charge on any atom is 0.280 e. The number of hydrogen-bond acceptors (Lipinski definition) is 3. The van der Waals surface area contributed by atoms with Crippen molar-refractivity contribution < 1.29 is 9.53 Å². The van der Waals surface area contributed by atoms with Crippen LogP contribution in [0.2, 0.25) is 0 Å². The van der Waals surface area contributed by atoms with Gasteiger partial charge in [-0.1, -0.05) is 48.9 Å². The predicted molar refractivity (Wildman–Crippen MR) is 92.8 cm³/mol. The third-order valence-corrected chi connectivity index (χ3v) is 3.48. The zero-order valence-corrected chi connectivity index (χ0v) is 13.7. The summed E-state index contributed by atoms with van der Waals surface area (Å²) < 4.78 is 5.58. The van der Waals surface area contributed by atoms with Crippen LogP contribution >= 0.6 is 0 Å². The van der Waals surface area contributed by atoms with E-state index in [1.165, 1.54) is 5.56 Å². The molecule has 1 N–H and O–H groups in total. The Morgan fingerprint density at radius 1 is 1.17 bits per heavy atom. The summed E-state index contributed by atoms with van der Waals surface area (Å²) in [5, 5.41) is 3.97. The molecule has 0 spiro atoms. The van der Waals surface area contributed by atoms with Crippen LogP contribution in [0.1, 0.15) is 30.5 Å². The van der Waals surface area contributed by atoms with E-state index in [0.717, 1.165) is 17.5 Å². The van der Waals surface area contributed by atoms with Crippen molar-refractivity contribution in [1.29, 1.82) is 0 Å². The van der Waals surface area contributed by atoms with Gasteiger partial charge in [0.15, 0.2) is 6.10 Å². The molecule has 0 radical (unpaired) electrons. The van der Waals surface area contributed by atoms with Crippen LogP contribution in [-0.2, 0) is 11.2 Å². The van der Waals surface area contributed by atoms with E-state index in [2.05, 4.69) is 17.5 Å². The van der Waals surface area contributed by atoms with Gasteiger partial charge in [-0.3, -0.25) is 4.79 Å². The quantitative estimate of drug-likeness (QED) is 0.656. The van der Waals surface area contributed by atoms with E-state index in [9.17, 15) is 4.79 Å². The average molecular weight is 310 g/mol. The molecule has 2 rings (SSSR count). The van der Waals surface area contributed by atoms with Crippen LogP contribution in [0.4, 0.5) is 0 Å². The lowest BCUT2D eigenvalue weighted by atomic mass is 10.1. The molecular weight excluding hydrogens is 288 g/mol. The summed E-state index contributed by atoms with van der Waals surface area (Å²) in [7, 11) is 0. The van der Waals surface area contributed by atoms with E-state index in [1.54, 1.807) is 13.1 Å². The summed E-state index contributed by atoms with van der Waals surface area (Å²) in [6.45, 7) is 5.81. The van der Waals surface area contributed by atoms with E-state index >= 15 is 0 Å². The van der Waals surface area contributed by atoms with Gasteiger partial charge in [-0.2, -0.15) is 5.10 Å². The lowest BCUT2D eigenvalue weighted by molar-refractivity contribution is -0.127. The highest BCUT2D eigenvalue weighted by Gasteiger charge is 2.13. The van der Waals surface area contributed by atoms with E-state index in [1.807, 2.05) is 55.5 Å². The first-order chi connectivity index (χ1) is 11.1. The minimum absolute atomic E-state index is 0.285. The average Bonchev–Trinajstić information content (AvgIpc) is 2.57. The van der Waals surface area contributed by atoms with Crippen molar-refractivity contribution in [2.75, 3.05) is 0 Å². The topological polar surface area (TPSA) is 50.7 Å². The Labute approximate surface area is 137 Å². The van der Waals surface area contributed by atoms with E-state index in [0.29, 0.717) is 5.75 Å². The minimum atomic E-state index is -0.614. The fraction of sp³-hybridized carbons (Fsp3) is 0.263. The molecule has 0 aliphatic heterocycles. The van der Waals surface area contributed by atoms with Crippen molar-refractivity contribution >= 4 is 12.1 Å². The Morgan fingerprint density at radius 2 is 1.83 bits per heavy atom. The summed E-state index contributed by atoms with van der Waals surface area (Å²) in [6, 6.07) is 15.6. The smallest absolute Gasteiger partial charge is 0.280 e. The van der Waals surface area contributed by atoms with Gasteiger partial charge in [0.1, 0.15) is 5.75 Å². The molecule has 0 aromatic heterocycles. The van der Waals surface area contributed by atoms with Gasteiger partial charge in [0.2, 0.25) is 0 Å². The van der Waals surface area contributed by atoms with Gasteiger partial charge >= 0.3 is 0 Å². The molecule has 0 aliphatic carbocycles. The number of nitrogens with one attached hydrogen (secondary N) is 1. The van der Waals surface area contributed by atoms with Gasteiger partial charge in [-0.15, -0.1) is 0 Å². The second kappa shape index (κ2) is 8.13.